The van der Waals surface area contributed by atoms with Gasteiger partial charge >= 0.3 is 5.97 Å². The Bertz CT molecular complexity index is 607. The summed E-state index contributed by atoms with van der Waals surface area (Å²) in [6, 6.07) is 1.21. The van der Waals surface area contributed by atoms with Gasteiger partial charge in [-0.2, -0.15) is 4.31 Å². The Balaban J connectivity index is 3.09. The number of hydrogen-bond acceptors (Lipinski definition) is 5. The smallest absolute Gasteiger partial charge is 0.321 e. The number of pyridine rings is 1. The lowest BCUT2D eigenvalue weighted by atomic mass is 10.5. The molecule has 0 atom stereocenters. The van der Waals surface area contributed by atoms with E-state index in [2.05, 4.69) is 4.98 Å². The predicted molar refractivity (Wildman–Crippen MR) is 79.9 cm³/mol. The monoisotopic (exact) mass is 354 g/mol. The van der Waals surface area contributed by atoms with Crippen LogP contribution in [0.4, 0.5) is 0 Å². The van der Waals surface area contributed by atoms with Crippen LogP contribution >= 0.6 is 23.2 Å². The summed E-state index contributed by atoms with van der Waals surface area (Å²) < 4.78 is 30.8. The summed E-state index contributed by atoms with van der Waals surface area (Å²) in [6.45, 7) is 3.47. The van der Waals surface area contributed by atoms with Gasteiger partial charge < -0.3 is 4.74 Å². The van der Waals surface area contributed by atoms with Crippen LogP contribution in [-0.2, 0) is 19.6 Å². The molecule has 1 aromatic heterocycles. The van der Waals surface area contributed by atoms with Crippen molar-refractivity contribution in [2.75, 3.05) is 19.7 Å². The van der Waals surface area contributed by atoms with Crippen molar-refractivity contribution in [1.29, 1.82) is 0 Å². The molecule has 0 saturated heterocycles. The van der Waals surface area contributed by atoms with Gasteiger partial charge in [0.15, 0.2) is 0 Å². The minimum Gasteiger partial charge on any atom is -0.465 e. The first-order valence-electron chi connectivity index (χ1n) is 6.29. The quantitative estimate of drug-likeness (QED) is 0.554. The molecule has 1 aromatic rings. The number of ether oxygens (including phenoxy) is 1. The Morgan fingerprint density at radius 2 is 2.05 bits per heavy atom. The minimum absolute atomic E-state index is 0.0167. The first kappa shape index (κ1) is 18.2. The topological polar surface area (TPSA) is 76.6 Å². The fraction of sp³-hybridized carbons (Fsp3) is 0.500. The van der Waals surface area contributed by atoms with Gasteiger partial charge in [-0.3, -0.25) is 4.79 Å². The van der Waals surface area contributed by atoms with Crippen LogP contribution < -0.4 is 0 Å². The Labute approximate surface area is 134 Å². The van der Waals surface area contributed by atoms with E-state index in [1.54, 1.807) is 13.8 Å². The van der Waals surface area contributed by atoms with Crippen LogP contribution in [0.3, 0.4) is 0 Å². The van der Waals surface area contributed by atoms with Crippen molar-refractivity contribution in [3.8, 4) is 0 Å². The molecule has 118 valence electrons. The Morgan fingerprint density at radius 1 is 1.38 bits per heavy atom. The van der Waals surface area contributed by atoms with E-state index in [1.807, 2.05) is 0 Å². The fourth-order valence-electron chi connectivity index (χ4n) is 1.58. The van der Waals surface area contributed by atoms with Crippen molar-refractivity contribution >= 4 is 39.2 Å². The zero-order chi connectivity index (χ0) is 16.0. The third-order valence-corrected chi connectivity index (χ3v) is 4.99. The summed E-state index contributed by atoms with van der Waals surface area (Å²) >= 11 is 11.5. The van der Waals surface area contributed by atoms with Crippen molar-refractivity contribution in [3.63, 3.8) is 0 Å². The number of sulfonamides is 1. The number of nitrogens with zero attached hydrogens (tertiary/aromatic N) is 2. The van der Waals surface area contributed by atoms with Gasteiger partial charge in [0.25, 0.3) is 0 Å². The summed E-state index contributed by atoms with van der Waals surface area (Å²) in [5, 5.41) is 0.0494. The summed E-state index contributed by atoms with van der Waals surface area (Å²) in [4.78, 5) is 15.1. The highest BCUT2D eigenvalue weighted by Crippen LogP contribution is 2.24. The summed E-state index contributed by atoms with van der Waals surface area (Å²) in [5.74, 6) is -0.609. The largest absolute Gasteiger partial charge is 0.465 e. The van der Waals surface area contributed by atoms with Crippen molar-refractivity contribution in [2.45, 2.75) is 25.2 Å². The summed E-state index contributed by atoms with van der Waals surface area (Å²) in [5.41, 5.74) is 0. The molecule has 0 fully saturated rings. The maximum atomic E-state index is 12.5. The highest BCUT2D eigenvalue weighted by Gasteiger charge is 2.27. The van der Waals surface area contributed by atoms with Crippen molar-refractivity contribution < 1.29 is 17.9 Å². The van der Waals surface area contributed by atoms with Gasteiger partial charge in [-0.15, -0.1) is 0 Å². The number of rotatable bonds is 7. The molecule has 0 bridgehead atoms. The van der Waals surface area contributed by atoms with Gasteiger partial charge in [-0.05, 0) is 19.4 Å². The van der Waals surface area contributed by atoms with Crippen molar-refractivity contribution in [2.24, 2.45) is 0 Å². The fourth-order valence-corrected chi connectivity index (χ4v) is 3.36. The number of hydrogen-bond donors (Lipinski definition) is 0. The maximum Gasteiger partial charge on any atom is 0.321 e. The second-order valence-corrected chi connectivity index (χ2v) is 6.79. The minimum atomic E-state index is -3.89. The van der Waals surface area contributed by atoms with E-state index in [1.165, 1.54) is 6.07 Å². The molecule has 0 amide bonds. The lowest BCUT2D eigenvalue weighted by molar-refractivity contribution is -0.143. The highest BCUT2D eigenvalue weighted by atomic mass is 35.5. The van der Waals surface area contributed by atoms with Crippen LogP contribution in [0.25, 0.3) is 0 Å². The average Bonchev–Trinajstić information content (AvgIpc) is 2.41. The van der Waals surface area contributed by atoms with Crippen molar-refractivity contribution in [1.82, 2.24) is 9.29 Å². The number of carbonyl (C=O) groups excluding carboxylic acids is 1. The Morgan fingerprint density at radius 3 is 2.57 bits per heavy atom. The van der Waals surface area contributed by atoms with Gasteiger partial charge in [-0.25, -0.2) is 13.4 Å². The van der Waals surface area contributed by atoms with Crippen molar-refractivity contribution in [3.05, 3.63) is 22.4 Å². The summed E-state index contributed by atoms with van der Waals surface area (Å²) in [7, 11) is -3.89. The second kappa shape index (κ2) is 7.93. The molecule has 0 spiro atoms. The normalized spacial score (nSPS) is 11.7. The standard InChI is InChI=1S/C12H16Cl2N2O4S/c1-3-5-16(8-11(17)20-4-2)21(18,19)9-6-10(13)12(14)15-7-9/h6-7H,3-5,8H2,1-2H3. The van der Waals surface area contributed by atoms with E-state index in [0.717, 1.165) is 10.5 Å². The summed E-state index contributed by atoms with van der Waals surface area (Å²) in [6.07, 6.45) is 1.66. The van der Waals surface area contributed by atoms with Crippen LogP contribution in [0.5, 0.6) is 0 Å². The molecule has 0 aromatic carbocycles. The molecule has 1 rings (SSSR count). The molecule has 0 saturated carbocycles. The number of carbonyl (C=O) groups is 1. The molecule has 0 N–H and O–H groups in total. The molecule has 0 unspecified atom stereocenters. The highest BCUT2D eigenvalue weighted by molar-refractivity contribution is 7.89. The van der Waals surface area contributed by atoms with Crippen LogP contribution in [0.2, 0.25) is 10.2 Å². The molecular formula is C12H16Cl2N2O4S. The molecule has 9 heteroatoms. The maximum absolute atomic E-state index is 12.5. The van der Waals surface area contributed by atoms with Gasteiger partial charge in [0, 0.05) is 12.7 Å². The van der Waals surface area contributed by atoms with Crippen LogP contribution in [-0.4, -0.2) is 43.4 Å². The third kappa shape index (κ3) is 4.81. The van der Waals surface area contributed by atoms with Gasteiger partial charge in [0.1, 0.15) is 16.6 Å². The third-order valence-electron chi connectivity index (χ3n) is 2.49. The Kier molecular flexibility index (Phi) is 6.86. The van der Waals surface area contributed by atoms with Gasteiger partial charge in [0.05, 0.1) is 11.6 Å². The molecule has 0 radical (unpaired) electrons. The average molecular weight is 355 g/mol. The zero-order valence-electron chi connectivity index (χ0n) is 11.7. The Hall–Kier alpha value is -0.890. The van der Waals surface area contributed by atoms with E-state index < -0.39 is 16.0 Å². The van der Waals surface area contributed by atoms with Gasteiger partial charge in [-0.1, -0.05) is 30.1 Å². The lowest BCUT2D eigenvalue weighted by Crippen LogP contribution is -2.37. The van der Waals surface area contributed by atoms with E-state index in [4.69, 9.17) is 27.9 Å². The molecule has 0 aliphatic carbocycles. The molecular weight excluding hydrogens is 339 g/mol. The first-order chi connectivity index (χ1) is 9.82. The van der Waals surface area contributed by atoms with Crippen LogP contribution in [0, 0.1) is 0 Å². The molecule has 0 aliphatic rings. The molecule has 1 heterocycles. The molecule has 21 heavy (non-hydrogen) atoms. The second-order valence-electron chi connectivity index (χ2n) is 4.09. The molecule has 0 aliphatic heterocycles. The van der Waals surface area contributed by atoms with Gasteiger partial charge in [0.2, 0.25) is 10.0 Å². The number of halogens is 2. The van der Waals surface area contributed by atoms with E-state index in [9.17, 15) is 13.2 Å². The van der Waals surface area contributed by atoms with Crippen LogP contribution in [0.15, 0.2) is 17.2 Å². The SMILES string of the molecule is CCCN(CC(=O)OCC)S(=O)(=O)c1cnc(Cl)c(Cl)c1. The van der Waals surface area contributed by atoms with E-state index in [0.29, 0.717) is 6.42 Å². The molecule has 6 nitrogen and oxygen atoms in total. The first-order valence-corrected chi connectivity index (χ1v) is 8.49. The van der Waals surface area contributed by atoms with E-state index >= 15 is 0 Å². The predicted octanol–water partition coefficient (Wildman–Crippen LogP) is 2.35. The number of esters is 1. The zero-order valence-corrected chi connectivity index (χ0v) is 14.0. The van der Waals surface area contributed by atoms with E-state index in [-0.39, 0.29) is 34.8 Å². The van der Waals surface area contributed by atoms with Crippen LogP contribution in [0.1, 0.15) is 20.3 Å². The number of aromatic nitrogens is 1. The lowest BCUT2D eigenvalue weighted by Gasteiger charge is -2.20.